The number of hydrogen-bond acceptors (Lipinski definition) is 4. The quantitative estimate of drug-likeness (QED) is 0.354. The second kappa shape index (κ2) is 4.44. The lowest BCUT2D eigenvalue weighted by Crippen LogP contribution is -2.53. The zero-order valence-electron chi connectivity index (χ0n) is 11.1. The summed E-state index contributed by atoms with van der Waals surface area (Å²) in [6.45, 7) is 5.47. The SMILES string of the molecule is CC(C)(C)OC(=O)C1(N=[N+]=[N-])CC2CCC(C1)N2. The average Bonchev–Trinajstić information content (AvgIpc) is 2.56. The predicted molar refractivity (Wildman–Crippen MR) is 66.9 cm³/mol. The molecule has 18 heavy (non-hydrogen) atoms. The molecule has 2 heterocycles. The van der Waals surface area contributed by atoms with E-state index in [4.69, 9.17) is 10.3 Å². The summed E-state index contributed by atoms with van der Waals surface area (Å²) in [4.78, 5) is 15.2. The molecule has 6 heteroatoms. The van der Waals surface area contributed by atoms with E-state index in [1.807, 2.05) is 20.8 Å². The number of hydrogen-bond donors (Lipinski definition) is 1. The topological polar surface area (TPSA) is 87.1 Å². The van der Waals surface area contributed by atoms with Crippen LogP contribution in [0.15, 0.2) is 5.11 Å². The Morgan fingerprint density at radius 3 is 2.39 bits per heavy atom. The molecule has 0 aromatic rings. The van der Waals surface area contributed by atoms with Crippen molar-refractivity contribution in [2.45, 2.75) is 69.7 Å². The maximum Gasteiger partial charge on any atom is 0.318 e. The Kier molecular flexibility index (Phi) is 3.25. The van der Waals surface area contributed by atoms with E-state index < -0.39 is 11.1 Å². The third-order valence-corrected chi connectivity index (χ3v) is 3.52. The van der Waals surface area contributed by atoms with Crippen LogP contribution in [0, 0.1) is 0 Å². The van der Waals surface area contributed by atoms with Gasteiger partial charge >= 0.3 is 5.97 Å². The molecule has 0 aliphatic carbocycles. The fourth-order valence-electron chi connectivity index (χ4n) is 2.87. The predicted octanol–water partition coefficient (Wildman–Crippen LogP) is 2.29. The van der Waals surface area contributed by atoms with Crippen LogP contribution in [0.4, 0.5) is 0 Å². The highest BCUT2D eigenvalue weighted by Gasteiger charge is 2.50. The number of rotatable bonds is 2. The number of piperidine rings is 1. The van der Waals surface area contributed by atoms with Crippen LogP contribution in [0.25, 0.3) is 10.4 Å². The first-order valence-corrected chi connectivity index (χ1v) is 6.40. The lowest BCUT2D eigenvalue weighted by molar-refractivity contribution is -0.163. The lowest BCUT2D eigenvalue weighted by Gasteiger charge is -2.37. The molecule has 0 saturated carbocycles. The van der Waals surface area contributed by atoms with E-state index >= 15 is 0 Å². The van der Waals surface area contributed by atoms with Crippen LogP contribution >= 0.6 is 0 Å². The van der Waals surface area contributed by atoms with Gasteiger partial charge in [0.2, 0.25) is 0 Å². The van der Waals surface area contributed by atoms with Crippen molar-refractivity contribution in [2.75, 3.05) is 0 Å². The Hall–Kier alpha value is -1.26. The number of nitrogens with zero attached hydrogens (tertiary/aromatic N) is 3. The Morgan fingerprint density at radius 2 is 1.94 bits per heavy atom. The van der Waals surface area contributed by atoms with E-state index in [2.05, 4.69) is 15.3 Å². The van der Waals surface area contributed by atoms with Gasteiger partial charge in [-0.05, 0) is 52.0 Å². The summed E-state index contributed by atoms with van der Waals surface area (Å²) in [6, 6.07) is 0.531. The third kappa shape index (κ3) is 2.60. The summed E-state index contributed by atoms with van der Waals surface area (Å²) in [7, 11) is 0. The molecule has 0 aromatic carbocycles. The Labute approximate surface area is 107 Å². The van der Waals surface area contributed by atoms with Crippen LogP contribution < -0.4 is 5.32 Å². The van der Waals surface area contributed by atoms with Crippen molar-refractivity contribution in [3.05, 3.63) is 10.4 Å². The van der Waals surface area contributed by atoms with Crippen molar-refractivity contribution in [1.29, 1.82) is 0 Å². The number of azide groups is 1. The summed E-state index contributed by atoms with van der Waals surface area (Å²) in [5.74, 6) is -0.383. The van der Waals surface area contributed by atoms with Gasteiger partial charge in [0, 0.05) is 17.0 Å². The molecular weight excluding hydrogens is 232 g/mol. The zero-order valence-corrected chi connectivity index (χ0v) is 11.1. The number of esters is 1. The van der Waals surface area contributed by atoms with Crippen molar-refractivity contribution in [1.82, 2.24) is 5.32 Å². The highest BCUT2D eigenvalue weighted by atomic mass is 16.6. The van der Waals surface area contributed by atoms with E-state index in [1.54, 1.807) is 0 Å². The fourth-order valence-corrected chi connectivity index (χ4v) is 2.87. The van der Waals surface area contributed by atoms with Crippen molar-refractivity contribution >= 4 is 5.97 Å². The molecule has 2 bridgehead atoms. The van der Waals surface area contributed by atoms with Gasteiger partial charge in [-0.1, -0.05) is 5.11 Å². The molecule has 100 valence electrons. The van der Waals surface area contributed by atoms with Crippen LogP contribution in [-0.2, 0) is 9.53 Å². The van der Waals surface area contributed by atoms with Gasteiger partial charge < -0.3 is 10.1 Å². The molecule has 2 fully saturated rings. The largest absolute Gasteiger partial charge is 0.459 e. The molecule has 2 unspecified atom stereocenters. The van der Waals surface area contributed by atoms with Gasteiger partial charge in [0.15, 0.2) is 0 Å². The van der Waals surface area contributed by atoms with Crippen LogP contribution in [-0.4, -0.2) is 29.2 Å². The number of nitrogens with one attached hydrogen (secondary N) is 1. The Morgan fingerprint density at radius 1 is 1.39 bits per heavy atom. The van der Waals surface area contributed by atoms with Gasteiger partial charge in [-0.15, -0.1) is 0 Å². The minimum absolute atomic E-state index is 0.266. The van der Waals surface area contributed by atoms with Crippen LogP contribution in [0.5, 0.6) is 0 Å². The third-order valence-electron chi connectivity index (χ3n) is 3.52. The number of carbonyl (C=O) groups is 1. The minimum atomic E-state index is -1.01. The molecule has 2 aliphatic heterocycles. The van der Waals surface area contributed by atoms with E-state index in [9.17, 15) is 4.79 Å². The second-order valence-corrected chi connectivity index (χ2v) is 6.27. The fraction of sp³-hybridized carbons (Fsp3) is 0.917. The first-order valence-electron chi connectivity index (χ1n) is 6.40. The summed E-state index contributed by atoms with van der Waals surface area (Å²) < 4.78 is 5.43. The minimum Gasteiger partial charge on any atom is -0.459 e. The number of ether oxygens (including phenoxy) is 1. The number of carbonyl (C=O) groups excluding carboxylic acids is 1. The molecule has 0 aromatic heterocycles. The van der Waals surface area contributed by atoms with Crippen molar-refractivity contribution in [3.8, 4) is 0 Å². The molecular formula is C12H20N4O2. The van der Waals surface area contributed by atoms with Crippen LogP contribution in [0.2, 0.25) is 0 Å². The molecule has 2 aliphatic rings. The van der Waals surface area contributed by atoms with Gasteiger partial charge in [-0.25, -0.2) is 0 Å². The molecule has 2 saturated heterocycles. The molecule has 6 nitrogen and oxygen atoms in total. The van der Waals surface area contributed by atoms with Gasteiger partial charge in [-0.2, -0.15) is 0 Å². The highest BCUT2D eigenvalue weighted by molar-refractivity contribution is 5.82. The molecule has 2 rings (SSSR count). The molecule has 2 atom stereocenters. The summed E-state index contributed by atoms with van der Waals surface area (Å²) in [5, 5.41) is 7.24. The van der Waals surface area contributed by atoms with E-state index in [-0.39, 0.29) is 18.1 Å². The second-order valence-electron chi connectivity index (χ2n) is 6.27. The first kappa shape index (κ1) is 13.2. The zero-order chi connectivity index (χ0) is 13.4. The standard InChI is InChI=1S/C12H20N4O2/c1-11(2,3)18-10(17)12(15-16-13)6-8-4-5-9(7-12)14-8/h8-9,14H,4-7H2,1-3H3. The molecule has 0 amide bonds. The monoisotopic (exact) mass is 252 g/mol. The molecule has 0 radical (unpaired) electrons. The summed E-state index contributed by atoms with van der Waals surface area (Å²) in [6.07, 6.45) is 3.16. The maximum atomic E-state index is 12.3. The van der Waals surface area contributed by atoms with Gasteiger partial charge in [0.1, 0.15) is 11.1 Å². The average molecular weight is 252 g/mol. The van der Waals surface area contributed by atoms with E-state index in [0.29, 0.717) is 12.8 Å². The Bertz CT molecular complexity index is 383. The normalized spacial score (nSPS) is 34.8. The highest BCUT2D eigenvalue weighted by Crippen LogP contribution is 2.38. The van der Waals surface area contributed by atoms with Crippen LogP contribution in [0.1, 0.15) is 46.5 Å². The smallest absolute Gasteiger partial charge is 0.318 e. The van der Waals surface area contributed by atoms with Crippen molar-refractivity contribution in [2.24, 2.45) is 5.11 Å². The summed E-state index contributed by atoms with van der Waals surface area (Å²) >= 11 is 0. The van der Waals surface area contributed by atoms with Gasteiger partial charge in [0.25, 0.3) is 0 Å². The number of fused-ring (bicyclic) bond motifs is 2. The van der Waals surface area contributed by atoms with E-state index in [1.165, 1.54) is 0 Å². The molecule has 1 N–H and O–H groups in total. The Balaban J connectivity index is 2.22. The lowest BCUT2D eigenvalue weighted by atomic mass is 9.84. The maximum absolute atomic E-state index is 12.3. The molecule has 0 spiro atoms. The van der Waals surface area contributed by atoms with Crippen molar-refractivity contribution in [3.63, 3.8) is 0 Å². The first-order chi connectivity index (χ1) is 8.35. The van der Waals surface area contributed by atoms with Crippen LogP contribution in [0.3, 0.4) is 0 Å². The van der Waals surface area contributed by atoms with Gasteiger partial charge in [0.05, 0.1) is 0 Å². The van der Waals surface area contributed by atoms with E-state index in [0.717, 1.165) is 12.8 Å². The summed E-state index contributed by atoms with van der Waals surface area (Å²) in [5.41, 5.74) is 7.18. The van der Waals surface area contributed by atoms with Gasteiger partial charge in [-0.3, -0.25) is 4.79 Å². The van der Waals surface area contributed by atoms with Crippen molar-refractivity contribution < 1.29 is 9.53 Å².